The molecule has 7 heteroatoms. The molecule has 0 fully saturated rings. The summed E-state index contributed by atoms with van der Waals surface area (Å²) in [6.45, 7) is 0. The van der Waals surface area contributed by atoms with E-state index in [4.69, 9.17) is 15.3 Å². The zero-order valence-electron chi connectivity index (χ0n) is 16.4. The zero-order chi connectivity index (χ0) is 22.4. The van der Waals surface area contributed by atoms with Crippen molar-refractivity contribution in [1.29, 1.82) is 0 Å². The Morgan fingerprint density at radius 2 is 1.55 bits per heavy atom. The first-order chi connectivity index (χ1) is 14.8. The number of phenols is 2. The first kappa shape index (κ1) is 21.6. The van der Waals surface area contributed by atoms with Crippen molar-refractivity contribution in [2.45, 2.75) is 12.5 Å². The summed E-state index contributed by atoms with van der Waals surface area (Å²) in [5.41, 5.74) is 6.86. The largest absolute Gasteiger partial charge is 0.508 e. The Hall–Kier alpha value is -4.10. The third kappa shape index (κ3) is 5.49. The third-order valence-electron chi connectivity index (χ3n) is 4.47. The van der Waals surface area contributed by atoms with Crippen LogP contribution in [0.2, 0.25) is 0 Å². The molecule has 0 saturated carbocycles. The minimum Gasteiger partial charge on any atom is -0.508 e. The summed E-state index contributed by atoms with van der Waals surface area (Å²) in [6, 6.07) is 21.4. The normalized spacial score (nSPS) is 11.4. The van der Waals surface area contributed by atoms with Gasteiger partial charge in [-0.1, -0.05) is 60.7 Å². The van der Waals surface area contributed by atoms with Crippen LogP contribution in [0.3, 0.4) is 0 Å². The summed E-state index contributed by atoms with van der Waals surface area (Å²) in [7, 11) is 0. The molecule has 0 aliphatic carbocycles. The van der Waals surface area contributed by atoms with Gasteiger partial charge in [0, 0.05) is 23.8 Å². The molecule has 158 valence electrons. The highest BCUT2D eigenvalue weighted by atomic mass is 16.4. The maximum atomic E-state index is 12.0. The maximum absolute atomic E-state index is 12.0. The molecule has 1 aromatic heterocycles. The second kappa shape index (κ2) is 9.60. The summed E-state index contributed by atoms with van der Waals surface area (Å²) in [5, 5.41) is 27.7. The van der Waals surface area contributed by atoms with Crippen LogP contribution in [-0.2, 0) is 11.2 Å². The molecule has 5 N–H and O–H groups in total. The van der Waals surface area contributed by atoms with Crippen molar-refractivity contribution in [3.63, 3.8) is 0 Å². The fourth-order valence-corrected chi connectivity index (χ4v) is 2.95. The Balaban J connectivity index is 0.000000196. The number of carboxylic acid groups (broad SMARTS) is 1. The molecule has 4 aromatic rings. The summed E-state index contributed by atoms with van der Waals surface area (Å²) < 4.78 is 5.57. The minimum absolute atomic E-state index is 0.0671. The van der Waals surface area contributed by atoms with Gasteiger partial charge in [-0.25, -0.2) is 0 Å². The SMILES string of the molecule is N[C@@H](Cc1ccccc1)C(=O)O.O=c1cc(-c2ccccc2)oc2cc(O)cc(O)c12. The second-order valence-electron chi connectivity index (χ2n) is 6.81. The van der Waals surface area contributed by atoms with E-state index in [-0.39, 0.29) is 27.9 Å². The Morgan fingerprint density at radius 1 is 0.935 bits per heavy atom. The minimum atomic E-state index is -0.959. The number of carboxylic acids is 1. The Bertz CT molecular complexity index is 1240. The number of benzene rings is 3. The maximum Gasteiger partial charge on any atom is 0.320 e. The van der Waals surface area contributed by atoms with E-state index >= 15 is 0 Å². The first-order valence-corrected chi connectivity index (χ1v) is 9.42. The first-order valence-electron chi connectivity index (χ1n) is 9.42. The average Bonchev–Trinajstić information content (AvgIpc) is 2.74. The number of aliphatic carboxylic acids is 1. The van der Waals surface area contributed by atoms with Crippen LogP contribution >= 0.6 is 0 Å². The molecule has 3 aromatic carbocycles. The van der Waals surface area contributed by atoms with Crippen molar-refractivity contribution in [2.75, 3.05) is 0 Å². The van der Waals surface area contributed by atoms with Gasteiger partial charge in [-0.3, -0.25) is 9.59 Å². The van der Waals surface area contributed by atoms with Crippen LogP contribution < -0.4 is 11.2 Å². The molecule has 0 amide bonds. The predicted octanol–water partition coefficient (Wildman–Crippen LogP) is 3.51. The van der Waals surface area contributed by atoms with E-state index in [2.05, 4.69) is 0 Å². The molecule has 0 spiro atoms. The van der Waals surface area contributed by atoms with Crippen LogP contribution in [0.15, 0.2) is 88.1 Å². The van der Waals surface area contributed by atoms with Gasteiger partial charge in [0.25, 0.3) is 0 Å². The number of aromatic hydroxyl groups is 2. The molecule has 1 heterocycles. The van der Waals surface area contributed by atoms with Crippen molar-refractivity contribution >= 4 is 16.9 Å². The molecule has 0 saturated heterocycles. The monoisotopic (exact) mass is 419 g/mol. The topological polar surface area (TPSA) is 134 Å². The summed E-state index contributed by atoms with van der Waals surface area (Å²) in [6.07, 6.45) is 0.385. The van der Waals surface area contributed by atoms with Crippen molar-refractivity contribution in [1.82, 2.24) is 0 Å². The van der Waals surface area contributed by atoms with Gasteiger partial charge < -0.3 is 25.5 Å². The van der Waals surface area contributed by atoms with E-state index in [9.17, 15) is 19.8 Å². The number of rotatable bonds is 4. The van der Waals surface area contributed by atoms with Gasteiger partial charge in [0.15, 0.2) is 5.43 Å². The molecule has 0 unspecified atom stereocenters. The van der Waals surface area contributed by atoms with Gasteiger partial charge in [0.2, 0.25) is 0 Å². The Kier molecular flexibility index (Phi) is 6.69. The molecule has 0 bridgehead atoms. The molecule has 31 heavy (non-hydrogen) atoms. The molecule has 1 atom stereocenters. The van der Waals surface area contributed by atoms with Crippen LogP contribution in [0, 0.1) is 0 Å². The molecule has 0 radical (unpaired) electrons. The zero-order valence-corrected chi connectivity index (χ0v) is 16.4. The summed E-state index contributed by atoms with van der Waals surface area (Å²) in [5.74, 6) is -1.01. The lowest BCUT2D eigenvalue weighted by Crippen LogP contribution is -2.32. The lowest BCUT2D eigenvalue weighted by molar-refractivity contribution is -0.138. The van der Waals surface area contributed by atoms with Crippen LogP contribution in [0.4, 0.5) is 0 Å². The molecular weight excluding hydrogens is 398 g/mol. The number of carbonyl (C=O) groups is 1. The predicted molar refractivity (Wildman–Crippen MR) is 117 cm³/mol. The van der Waals surface area contributed by atoms with E-state index in [1.807, 2.05) is 60.7 Å². The number of phenolic OH excluding ortho intramolecular Hbond substituents is 2. The van der Waals surface area contributed by atoms with E-state index in [1.165, 1.54) is 12.1 Å². The number of nitrogens with two attached hydrogens (primary N) is 1. The third-order valence-corrected chi connectivity index (χ3v) is 4.47. The molecule has 0 aliphatic heterocycles. The smallest absolute Gasteiger partial charge is 0.320 e. The van der Waals surface area contributed by atoms with E-state index in [1.54, 1.807) is 0 Å². The van der Waals surface area contributed by atoms with Crippen LogP contribution in [0.25, 0.3) is 22.3 Å². The van der Waals surface area contributed by atoms with Crippen molar-refractivity contribution in [3.05, 3.63) is 94.6 Å². The average molecular weight is 419 g/mol. The lowest BCUT2D eigenvalue weighted by Gasteiger charge is -2.04. The number of hydrogen-bond donors (Lipinski definition) is 4. The molecular formula is C24H21NO6. The van der Waals surface area contributed by atoms with E-state index < -0.39 is 12.0 Å². The van der Waals surface area contributed by atoms with Gasteiger partial charge in [-0.05, 0) is 12.0 Å². The van der Waals surface area contributed by atoms with Gasteiger partial charge in [-0.15, -0.1) is 0 Å². The number of hydrogen-bond acceptors (Lipinski definition) is 6. The van der Waals surface area contributed by atoms with Crippen molar-refractivity contribution < 1.29 is 24.5 Å². The van der Waals surface area contributed by atoms with Gasteiger partial charge >= 0.3 is 5.97 Å². The second-order valence-corrected chi connectivity index (χ2v) is 6.81. The molecule has 4 rings (SSSR count). The van der Waals surface area contributed by atoms with Gasteiger partial charge in [0.05, 0.1) is 0 Å². The highest BCUT2D eigenvalue weighted by molar-refractivity contribution is 5.85. The summed E-state index contributed by atoms with van der Waals surface area (Å²) >= 11 is 0. The Labute approximate surface area is 177 Å². The summed E-state index contributed by atoms with van der Waals surface area (Å²) in [4.78, 5) is 22.4. The Morgan fingerprint density at radius 3 is 2.16 bits per heavy atom. The highest BCUT2D eigenvalue weighted by Crippen LogP contribution is 2.30. The number of fused-ring (bicyclic) bond motifs is 1. The van der Waals surface area contributed by atoms with Crippen LogP contribution in [0.1, 0.15) is 5.56 Å². The van der Waals surface area contributed by atoms with Gasteiger partial charge in [0.1, 0.15) is 34.3 Å². The van der Waals surface area contributed by atoms with E-state index in [0.717, 1.165) is 17.2 Å². The highest BCUT2D eigenvalue weighted by Gasteiger charge is 2.12. The van der Waals surface area contributed by atoms with Crippen molar-refractivity contribution in [2.24, 2.45) is 5.73 Å². The standard InChI is InChI=1S/C15H10O4.C9H11NO2/c16-10-6-11(17)15-12(18)8-13(19-14(15)7-10)9-4-2-1-3-5-9;10-8(9(11)12)6-7-4-2-1-3-5-7/h1-8,16-17H;1-5,8H,6,10H2,(H,11,12)/t;8-/m.0/s1. The quantitative estimate of drug-likeness (QED) is 0.398. The van der Waals surface area contributed by atoms with Gasteiger partial charge in [-0.2, -0.15) is 0 Å². The molecule has 0 aliphatic rings. The fourth-order valence-electron chi connectivity index (χ4n) is 2.95. The van der Waals surface area contributed by atoms with Crippen LogP contribution in [-0.4, -0.2) is 27.3 Å². The van der Waals surface area contributed by atoms with Crippen molar-refractivity contribution in [3.8, 4) is 22.8 Å². The van der Waals surface area contributed by atoms with Crippen LogP contribution in [0.5, 0.6) is 11.5 Å². The molecule has 7 nitrogen and oxygen atoms in total. The van der Waals surface area contributed by atoms with E-state index in [0.29, 0.717) is 12.2 Å². The fraction of sp³-hybridized carbons (Fsp3) is 0.0833. The lowest BCUT2D eigenvalue weighted by atomic mass is 10.1.